The quantitative estimate of drug-likeness (QED) is 0.842. The van der Waals surface area contributed by atoms with Crippen LogP contribution < -0.4 is 4.74 Å². The van der Waals surface area contributed by atoms with Crippen LogP contribution in [0, 0.1) is 0 Å². The molecule has 1 saturated heterocycles. The summed E-state index contributed by atoms with van der Waals surface area (Å²) < 4.78 is 44.4. The lowest BCUT2D eigenvalue weighted by molar-refractivity contribution is -0.144. The van der Waals surface area contributed by atoms with E-state index in [0.29, 0.717) is 0 Å². The van der Waals surface area contributed by atoms with Crippen molar-refractivity contribution in [1.82, 2.24) is 9.80 Å². The first kappa shape index (κ1) is 18.6. The Morgan fingerprint density at radius 1 is 1.29 bits per heavy atom. The number of para-hydroxylation sites is 1. The molecule has 1 aliphatic heterocycles. The minimum Gasteiger partial charge on any atom is -0.480 e. The molecule has 0 bridgehead atoms. The summed E-state index contributed by atoms with van der Waals surface area (Å²) in [5, 5.41) is 0. The summed E-state index contributed by atoms with van der Waals surface area (Å²) in [7, 11) is 3.71. The van der Waals surface area contributed by atoms with Crippen LogP contribution in [0.15, 0.2) is 24.3 Å². The zero-order valence-electron chi connectivity index (χ0n) is 14.1. The zero-order valence-corrected chi connectivity index (χ0v) is 14.1. The number of alkyl halides is 3. The second-order valence-corrected chi connectivity index (χ2v) is 6.24. The number of halogens is 3. The first-order valence-corrected chi connectivity index (χ1v) is 7.98. The van der Waals surface area contributed by atoms with Gasteiger partial charge in [-0.2, -0.15) is 13.2 Å². The van der Waals surface area contributed by atoms with Crippen LogP contribution in [-0.2, 0) is 11.0 Å². The van der Waals surface area contributed by atoms with Crippen molar-refractivity contribution in [1.29, 1.82) is 0 Å². The highest BCUT2D eigenvalue weighted by Crippen LogP contribution is 2.36. The third-order valence-electron chi connectivity index (χ3n) is 4.43. The van der Waals surface area contributed by atoms with Gasteiger partial charge >= 0.3 is 6.18 Å². The van der Waals surface area contributed by atoms with E-state index in [9.17, 15) is 18.0 Å². The molecule has 1 atom stereocenters. The Morgan fingerprint density at radius 3 is 2.46 bits per heavy atom. The Morgan fingerprint density at radius 2 is 1.88 bits per heavy atom. The van der Waals surface area contributed by atoms with Gasteiger partial charge < -0.3 is 14.5 Å². The summed E-state index contributed by atoms with van der Waals surface area (Å²) in [4.78, 5) is 16.3. The maximum atomic E-state index is 13.0. The molecule has 0 N–H and O–H groups in total. The lowest BCUT2D eigenvalue weighted by Crippen LogP contribution is -2.48. The van der Waals surface area contributed by atoms with Gasteiger partial charge in [0.2, 0.25) is 0 Å². The number of rotatable bonds is 4. The van der Waals surface area contributed by atoms with E-state index < -0.39 is 17.8 Å². The van der Waals surface area contributed by atoms with Gasteiger partial charge in [0.05, 0.1) is 5.56 Å². The highest BCUT2D eigenvalue weighted by molar-refractivity contribution is 5.81. The molecule has 1 aromatic rings. The Kier molecular flexibility index (Phi) is 5.74. The van der Waals surface area contributed by atoms with Crippen molar-refractivity contribution in [2.45, 2.75) is 38.1 Å². The largest absolute Gasteiger partial charge is 0.480 e. The molecule has 1 fully saturated rings. The number of hydrogen-bond donors (Lipinski definition) is 0. The second kappa shape index (κ2) is 7.42. The number of likely N-dealkylation sites (N-methyl/N-ethyl adjacent to an activating group) is 1. The predicted octanol–water partition coefficient (Wildman–Crippen LogP) is 3.03. The van der Waals surface area contributed by atoms with E-state index in [2.05, 4.69) is 4.90 Å². The van der Waals surface area contributed by atoms with E-state index in [0.717, 1.165) is 32.0 Å². The molecule has 134 valence electrons. The summed E-state index contributed by atoms with van der Waals surface area (Å²) >= 11 is 0. The smallest absolute Gasteiger partial charge is 0.419 e. The fourth-order valence-corrected chi connectivity index (χ4v) is 2.89. The zero-order chi connectivity index (χ0) is 17.9. The van der Waals surface area contributed by atoms with Crippen LogP contribution >= 0.6 is 0 Å². The van der Waals surface area contributed by atoms with E-state index in [4.69, 9.17) is 4.74 Å². The van der Waals surface area contributed by atoms with Crippen LogP contribution in [0.3, 0.4) is 0 Å². The molecule has 4 nitrogen and oxygen atoms in total. The van der Waals surface area contributed by atoms with Crippen molar-refractivity contribution in [2.24, 2.45) is 0 Å². The average molecular weight is 344 g/mol. The Balaban J connectivity index is 2.04. The van der Waals surface area contributed by atoms with Crippen molar-refractivity contribution in [3.8, 4) is 5.75 Å². The monoisotopic (exact) mass is 344 g/mol. The number of carbonyl (C=O) groups is 1. The van der Waals surface area contributed by atoms with Gasteiger partial charge in [-0.25, -0.2) is 0 Å². The summed E-state index contributed by atoms with van der Waals surface area (Å²) in [5.74, 6) is -0.621. The number of benzene rings is 1. The summed E-state index contributed by atoms with van der Waals surface area (Å²) in [6, 6.07) is 5.04. The Labute approximate surface area is 140 Å². The normalized spacial score (nSPS) is 18.2. The number of piperidine rings is 1. The molecule has 7 heteroatoms. The number of hydrogen-bond acceptors (Lipinski definition) is 3. The SMILES string of the molecule is C[C@@H](Oc1ccccc1C(F)(F)F)C(=O)N(C)C1CCN(C)CC1. The van der Waals surface area contributed by atoms with Gasteiger partial charge in [0, 0.05) is 13.1 Å². The molecule has 24 heavy (non-hydrogen) atoms. The van der Waals surface area contributed by atoms with E-state index in [1.165, 1.54) is 25.1 Å². The molecule has 0 unspecified atom stereocenters. The van der Waals surface area contributed by atoms with Gasteiger partial charge in [-0.1, -0.05) is 12.1 Å². The van der Waals surface area contributed by atoms with Crippen molar-refractivity contribution in [3.05, 3.63) is 29.8 Å². The number of carbonyl (C=O) groups excluding carboxylic acids is 1. The third kappa shape index (κ3) is 4.41. The van der Waals surface area contributed by atoms with Gasteiger partial charge in [0.15, 0.2) is 6.10 Å². The van der Waals surface area contributed by atoms with Crippen molar-refractivity contribution in [2.75, 3.05) is 27.2 Å². The molecule has 0 radical (unpaired) electrons. The fraction of sp³-hybridized carbons (Fsp3) is 0.588. The van der Waals surface area contributed by atoms with Gasteiger partial charge in [0.1, 0.15) is 5.75 Å². The van der Waals surface area contributed by atoms with Gasteiger partial charge in [-0.3, -0.25) is 4.79 Å². The van der Waals surface area contributed by atoms with E-state index in [1.807, 2.05) is 7.05 Å². The lowest BCUT2D eigenvalue weighted by Gasteiger charge is -2.36. The molecule has 2 rings (SSSR count). The van der Waals surface area contributed by atoms with Crippen LogP contribution in [0.4, 0.5) is 13.2 Å². The maximum absolute atomic E-state index is 13.0. The Bertz CT molecular complexity index is 569. The van der Waals surface area contributed by atoms with Crippen molar-refractivity contribution in [3.63, 3.8) is 0 Å². The van der Waals surface area contributed by atoms with Crippen LogP contribution in [0.5, 0.6) is 5.75 Å². The van der Waals surface area contributed by atoms with E-state index in [-0.39, 0.29) is 17.7 Å². The lowest BCUT2D eigenvalue weighted by atomic mass is 10.0. The number of amides is 1. The van der Waals surface area contributed by atoms with Gasteiger partial charge in [0.25, 0.3) is 5.91 Å². The highest BCUT2D eigenvalue weighted by atomic mass is 19.4. The average Bonchev–Trinajstić information content (AvgIpc) is 2.53. The van der Waals surface area contributed by atoms with E-state index >= 15 is 0 Å². The van der Waals surface area contributed by atoms with E-state index in [1.54, 1.807) is 11.9 Å². The second-order valence-electron chi connectivity index (χ2n) is 6.24. The molecule has 0 aliphatic carbocycles. The van der Waals surface area contributed by atoms with Crippen LogP contribution in [-0.4, -0.2) is 55.0 Å². The molecule has 1 aromatic carbocycles. The number of nitrogens with zero attached hydrogens (tertiary/aromatic N) is 2. The van der Waals surface area contributed by atoms with Gasteiger partial charge in [-0.15, -0.1) is 0 Å². The van der Waals surface area contributed by atoms with Crippen molar-refractivity contribution >= 4 is 5.91 Å². The molecule has 0 saturated carbocycles. The maximum Gasteiger partial charge on any atom is 0.419 e. The highest BCUT2D eigenvalue weighted by Gasteiger charge is 2.35. The minimum absolute atomic E-state index is 0.0950. The molecule has 1 aliphatic rings. The van der Waals surface area contributed by atoms with Crippen LogP contribution in [0.25, 0.3) is 0 Å². The van der Waals surface area contributed by atoms with Crippen LogP contribution in [0.1, 0.15) is 25.3 Å². The third-order valence-corrected chi connectivity index (χ3v) is 4.43. The molecular formula is C17H23F3N2O2. The predicted molar refractivity (Wildman–Crippen MR) is 84.8 cm³/mol. The topological polar surface area (TPSA) is 32.8 Å². The van der Waals surface area contributed by atoms with Crippen molar-refractivity contribution < 1.29 is 22.7 Å². The molecule has 1 amide bonds. The first-order chi connectivity index (χ1) is 11.2. The molecular weight excluding hydrogens is 321 g/mol. The molecule has 0 spiro atoms. The fourth-order valence-electron chi connectivity index (χ4n) is 2.89. The standard InChI is InChI=1S/C17H23F3N2O2/c1-12(16(23)22(3)13-8-10-21(2)11-9-13)24-15-7-5-4-6-14(15)17(18,19)20/h4-7,12-13H,8-11H2,1-3H3/t12-/m1/s1. The van der Waals surface area contributed by atoms with Gasteiger partial charge in [-0.05, 0) is 52.0 Å². The Hall–Kier alpha value is -1.76. The molecule has 1 heterocycles. The number of likely N-dealkylation sites (tertiary alicyclic amines) is 1. The molecule has 0 aromatic heterocycles. The minimum atomic E-state index is -4.51. The summed E-state index contributed by atoms with van der Waals surface area (Å²) in [5.41, 5.74) is -0.869. The van der Waals surface area contributed by atoms with Crippen LogP contribution in [0.2, 0.25) is 0 Å². The first-order valence-electron chi connectivity index (χ1n) is 7.98. The summed E-state index contributed by atoms with van der Waals surface area (Å²) in [6.45, 7) is 3.28. The summed E-state index contributed by atoms with van der Waals surface area (Å²) in [6.07, 6.45) is -3.79. The number of ether oxygens (including phenoxy) is 1.